The molecule has 1 saturated carbocycles. The van der Waals surface area contributed by atoms with Crippen molar-refractivity contribution in [2.75, 3.05) is 18.4 Å². The number of piperidine rings is 1. The summed E-state index contributed by atoms with van der Waals surface area (Å²) in [5.41, 5.74) is 0.375. The Hall–Kier alpha value is -2.39. The molecule has 1 aliphatic carbocycles. The predicted molar refractivity (Wildman–Crippen MR) is 96.7 cm³/mol. The fraction of sp³-hybridized carbons (Fsp3) is 0.526. The molecule has 3 heterocycles. The van der Waals surface area contributed by atoms with Gasteiger partial charge in [0.05, 0.1) is 0 Å². The molecule has 0 radical (unpaired) electrons. The van der Waals surface area contributed by atoms with Gasteiger partial charge in [-0.1, -0.05) is 0 Å². The number of hydrogen-bond donors (Lipinski definition) is 2. The molecular weight excluding hydrogens is 314 g/mol. The van der Waals surface area contributed by atoms with Crippen LogP contribution in [0.4, 0.5) is 5.82 Å². The van der Waals surface area contributed by atoms with Gasteiger partial charge < -0.3 is 15.4 Å². The van der Waals surface area contributed by atoms with Crippen molar-refractivity contribution in [1.29, 1.82) is 5.26 Å². The Balaban J connectivity index is 1.65. The average Bonchev–Trinajstić information content (AvgIpc) is 3.16. The first-order valence-electron chi connectivity index (χ1n) is 9.16. The molecule has 1 saturated heterocycles. The van der Waals surface area contributed by atoms with E-state index in [9.17, 15) is 5.26 Å². The molecule has 0 spiro atoms. The van der Waals surface area contributed by atoms with Gasteiger partial charge in [-0.3, -0.25) is 0 Å². The minimum atomic E-state index is 0.205. The minimum Gasteiger partial charge on any atom is -0.474 e. The molecule has 2 N–H and O–H groups in total. The fourth-order valence-corrected chi connectivity index (χ4v) is 3.69. The van der Waals surface area contributed by atoms with E-state index in [1.807, 2.05) is 6.07 Å². The van der Waals surface area contributed by atoms with Crippen molar-refractivity contribution in [2.45, 2.75) is 50.7 Å². The molecule has 2 aromatic heterocycles. The zero-order chi connectivity index (χ0) is 17.1. The molecule has 0 amide bonds. The maximum absolute atomic E-state index is 9.25. The maximum Gasteiger partial charge on any atom is 0.223 e. The topological polar surface area (TPSA) is 82.9 Å². The van der Waals surface area contributed by atoms with E-state index < -0.39 is 0 Å². The van der Waals surface area contributed by atoms with E-state index >= 15 is 0 Å². The SMILES string of the molecule is N#Cc1cc2cnc(NC3CCCNC3)cc2c(OC2CCCC2)n1. The third-order valence-electron chi connectivity index (χ3n) is 5.02. The smallest absolute Gasteiger partial charge is 0.223 e. The third-order valence-corrected chi connectivity index (χ3v) is 5.02. The molecular formula is C19H23N5O. The molecule has 0 aromatic carbocycles. The predicted octanol–water partition coefficient (Wildman–Crippen LogP) is 2.99. The second-order valence-electron chi connectivity index (χ2n) is 6.93. The Morgan fingerprint density at radius 3 is 2.84 bits per heavy atom. The van der Waals surface area contributed by atoms with Crippen LogP contribution in [0.15, 0.2) is 18.3 Å². The Kier molecular flexibility index (Phi) is 4.66. The highest BCUT2D eigenvalue weighted by Crippen LogP contribution is 2.30. The molecule has 1 aliphatic heterocycles. The number of nitrogens with one attached hydrogen (secondary N) is 2. The summed E-state index contributed by atoms with van der Waals surface area (Å²) in [6.07, 6.45) is 8.84. The molecule has 2 fully saturated rings. The molecule has 6 nitrogen and oxygen atoms in total. The summed E-state index contributed by atoms with van der Waals surface area (Å²) in [6, 6.07) is 6.29. The van der Waals surface area contributed by atoms with Gasteiger partial charge in [0.1, 0.15) is 23.7 Å². The van der Waals surface area contributed by atoms with E-state index in [0.717, 1.165) is 48.9 Å². The summed E-state index contributed by atoms with van der Waals surface area (Å²) in [7, 11) is 0. The van der Waals surface area contributed by atoms with Crippen LogP contribution < -0.4 is 15.4 Å². The van der Waals surface area contributed by atoms with Crippen LogP contribution in [0.25, 0.3) is 10.8 Å². The zero-order valence-corrected chi connectivity index (χ0v) is 14.3. The van der Waals surface area contributed by atoms with Gasteiger partial charge in [0.25, 0.3) is 0 Å². The van der Waals surface area contributed by atoms with Gasteiger partial charge in [-0.05, 0) is 57.2 Å². The second-order valence-corrected chi connectivity index (χ2v) is 6.93. The molecule has 25 heavy (non-hydrogen) atoms. The number of rotatable bonds is 4. The van der Waals surface area contributed by atoms with Crippen LogP contribution in [0.1, 0.15) is 44.2 Å². The van der Waals surface area contributed by atoms with Crippen LogP contribution in [0, 0.1) is 11.3 Å². The number of ether oxygens (including phenoxy) is 1. The second kappa shape index (κ2) is 7.24. The largest absolute Gasteiger partial charge is 0.474 e. The van der Waals surface area contributed by atoms with Crippen molar-refractivity contribution in [2.24, 2.45) is 0 Å². The molecule has 1 unspecified atom stereocenters. The summed E-state index contributed by atoms with van der Waals surface area (Å²) < 4.78 is 6.15. The maximum atomic E-state index is 9.25. The summed E-state index contributed by atoms with van der Waals surface area (Å²) in [5.74, 6) is 1.40. The highest BCUT2D eigenvalue weighted by molar-refractivity contribution is 5.89. The van der Waals surface area contributed by atoms with Crippen molar-refractivity contribution >= 4 is 16.6 Å². The van der Waals surface area contributed by atoms with Crippen LogP contribution in [-0.2, 0) is 0 Å². The van der Waals surface area contributed by atoms with Gasteiger partial charge in [0, 0.05) is 29.6 Å². The molecule has 130 valence electrons. The molecule has 2 aliphatic rings. The van der Waals surface area contributed by atoms with Gasteiger partial charge in [-0.15, -0.1) is 0 Å². The summed E-state index contributed by atoms with van der Waals surface area (Å²) in [6.45, 7) is 2.04. The number of anilines is 1. The van der Waals surface area contributed by atoms with Crippen LogP contribution in [0.5, 0.6) is 5.88 Å². The van der Waals surface area contributed by atoms with E-state index in [2.05, 4.69) is 26.7 Å². The van der Waals surface area contributed by atoms with E-state index in [-0.39, 0.29) is 6.10 Å². The molecule has 0 bridgehead atoms. The van der Waals surface area contributed by atoms with Crippen molar-refractivity contribution in [1.82, 2.24) is 15.3 Å². The number of hydrogen-bond acceptors (Lipinski definition) is 6. The Bertz CT molecular complexity index is 788. The first-order valence-corrected chi connectivity index (χ1v) is 9.16. The normalized spacial score (nSPS) is 21.2. The van der Waals surface area contributed by atoms with Crippen molar-refractivity contribution < 1.29 is 4.74 Å². The van der Waals surface area contributed by atoms with Crippen LogP contribution >= 0.6 is 0 Å². The number of aromatic nitrogens is 2. The fourth-order valence-electron chi connectivity index (χ4n) is 3.69. The third kappa shape index (κ3) is 3.67. The molecule has 1 atom stereocenters. The zero-order valence-electron chi connectivity index (χ0n) is 14.3. The van der Waals surface area contributed by atoms with Crippen molar-refractivity contribution in [3.05, 3.63) is 24.0 Å². The van der Waals surface area contributed by atoms with Crippen molar-refractivity contribution in [3.8, 4) is 11.9 Å². The van der Waals surface area contributed by atoms with Gasteiger partial charge in [-0.25, -0.2) is 9.97 Å². The molecule has 6 heteroatoms. The number of nitriles is 1. The lowest BCUT2D eigenvalue weighted by Gasteiger charge is -2.24. The minimum absolute atomic E-state index is 0.205. The molecule has 4 rings (SSSR count). The lowest BCUT2D eigenvalue weighted by molar-refractivity contribution is 0.204. The molecule has 2 aromatic rings. The van der Waals surface area contributed by atoms with Crippen LogP contribution in [-0.4, -0.2) is 35.2 Å². The average molecular weight is 337 g/mol. The number of fused-ring (bicyclic) bond motifs is 1. The Morgan fingerprint density at radius 2 is 2.08 bits per heavy atom. The first kappa shape index (κ1) is 16.1. The highest BCUT2D eigenvalue weighted by atomic mass is 16.5. The standard InChI is InChI=1S/C19H23N5O/c20-10-15-8-13-11-22-18(23-14-4-3-7-21-12-14)9-17(13)19(24-15)25-16-5-1-2-6-16/h8-9,11,14,16,21H,1-7,12H2,(H,22,23). The van der Waals surface area contributed by atoms with Gasteiger partial charge in [-0.2, -0.15) is 5.26 Å². The van der Waals surface area contributed by atoms with Gasteiger partial charge in [0.15, 0.2) is 0 Å². The van der Waals surface area contributed by atoms with Gasteiger partial charge in [0.2, 0.25) is 5.88 Å². The van der Waals surface area contributed by atoms with E-state index in [1.54, 1.807) is 12.3 Å². The quantitative estimate of drug-likeness (QED) is 0.892. The lowest BCUT2D eigenvalue weighted by atomic mass is 10.1. The van der Waals surface area contributed by atoms with Crippen LogP contribution in [0.2, 0.25) is 0 Å². The lowest BCUT2D eigenvalue weighted by Crippen LogP contribution is -2.38. The van der Waals surface area contributed by atoms with Crippen LogP contribution in [0.3, 0.4) is 0 Å². The van der Waals surface area contributed by atoms with Crippen molar-refractivity contribution in [3.63, 3.8) is 0 Å². The monoisotopic (exact) mass is 337 g/mol. The Morgan fingerprint density at radius 1 is 1.20 bits per heavy atom. The van der Waals surface area contributed by atoms with E-state index in [4.69, 9.17) is 4.74 Å². The van der Waals surface area contributed by atoms with Gasteiger partial charge >= 0.3 is 0 Å². The van der Waals surface area contributed by atoms with E-state index in [0.29, 0.717) is 17.6 Å². The Labute approximate surface area is 147 Å². The highest BCUT2D eigenvalue weighted by Gasteiger charge is 2.20. The van der Waals surface area contributed by atoms with E-state index in [1.165, 1.54) is 19.3 Å². The number of pyridine rings is 2. The number of nitrogens with zero attached hydrogens (tertiary/aromatic N) is 3. The summed E-state index contributed by atoms with van der Waals surface area (Å²) in [5, 5.41) is 18.0. The summed E-state index contributed by atoms with van der Waals surface area (Å²) >= 11 is 0. The summed E-state index contributed by atoms with van der Waals surface area (Å²) in [4.78, 5) is 8.94. The first-order chi connectivity index (χ1) is 12.3.